The summed E-state index contributed by atoms with van der Waals surface area (Å²) in [5.74, 6) is -1.25. The maximum atomic E-state index is 12.1. The van der Waals surface area contributed by atoms with Crippen LogP contribution >= 0.6 is 0 Å². The lowest BCUT2D eigenvalue weighted by atomic mass is 10.0. The van der Waals surface area contributed by atoms with E-state index in [1.54, 1.807) is 24.3 Å². The third-order valence-corrected chi connectivity index (χ3v) is 3.66. The first-order valence-corrected chi connectivity index (χ1v) is 7.55. The third kappa shape index (κ3) is 4.98. The number of amides is 2. The summed E-state index contributed by atoms with van der Waals surface area (Å²) in [5.41, 5.74) is 0. The highest BCUT2D eigenvalue weighted by molar-refractivity contribution is 5.88. The quantitative estimate of drug-likeness (QED) is 0.802. The molecule has 1 saturated heterocycles. The molecule has 0 aliphatic carbocycles. The molecule has 23 heavy (non-hydrogen) atoms. The molecule has 0 saturated carbocycles. The summed E-state index contributed by atoms with van der Waals surface area (Å²) in [6.45, 7) is -0.00734. The van der Waals surface area contributed by atoms with Gasteiger partial charge in [0.05, 0.1) is 6.54 Å². The van der Waals surface area contributed by atoms with E-state index in [0.717, 1.165) is 12.8 Å². The first-order valence-electron chi connectivity index (χ1n) is 7.55. The summed E-state index contributed by atoms with van der Waals surface area (Å²) < 4.78 is 5.27. The molecular weight excluding hydrogens is 300 g/mol. The average molecular weight is 320 g/mol. The molecule has 2 amide bonds. The van der Waals surface area contributed by atoms with E-state index in [9.17, 15) is 14.4 Å². The first-order chi connectivity index (χ1) is 11.1. The summed E-state index contributed by atoms with van der Waals surface area (Å²) in [6.07, 6.45) is 2.02. The number of para-hydroxylation sites is 1. The first kappa shape index (κ1) is 16.8. The second-order valence-corrected chi connectivity index (χ2v) is 5.32. The van der Waals surface area contributed by atoms with Gasteiger partial charge in [0.1, 0.15) is 11.8 Å². The van der Waals surface area contributed by atoms with Gasteiger partial charge in [0.15, 0.2) is 6.61 Å². The minimum Gasteiger partial charge on any atom is -0.484 e. The van der Waals surface area contributed by atoms with Crippen LogP contribution in [0.2, 0.25) is 0 Å². The third-order valence-electron chi connectivity index (χ3n) is 3.66. The lowest BCUT2D eigenvalue weighted by Crippen LogP contribution is -2.51. The van der Waals surface area contributed by atoms with Crippen molar-refractivity contribution in [3.05, 3.63) is 30.3 Å². The highest BCUT2D eigenvalue weighted by Crippen LogP contribution is 2.17. The van der Waals surface area contributed by atoms with Crippen molar-refractivity contribution in [1.82, 2.24) is 10.2 Å². The fraction of sp³-hybridized carbons (Fsp3) is 0.438. The van der Waals surface area contributed by atoms with Crippen LogP contribution in [0.1, 0.15) is 19.3 Å². The van der Waals surface area contributed by atoms with Gasteiger partial charge < -0.3 is 20.1 Å². The molecule has 2 N–H and O–H groups in total. The van der Waals surface area contributed by atoms with Crippen molar-refractivity contribution in [2.75, 3.05) is 19.7 Å². The van der Waals surface area contributed by atoms with Crippen LogP contribution in [0.15, 0.2) is 30.3 Å². The number of ether oxygens (including phenoxy) is 1. The normalized spacial score (nSPS) is 17.4. The number of carboxylic acids is 1. The van der Waals surface area contributed by atoms with Gasteiger partial charge in [-0.3, -0.25) is 9.59 Å². The predicted molar refractivity (Wildman–Crippen MR) is 81.9 cm³/mol. The van der Waals surface area contributed by atoms with Crippen LogP contribution < -0.4 is 10.1 Å². The Hall–Kier alpha value is -2.57. The molecule has 1 aromatic rings. The molecule has 0 spiro atoms. The molecule has 1 fully saturated rings. The number of hydrogen-bond donors (Lipinski definition) is 2. The maximum Gasteiger partial charge on any atom is 0.326 e. The molecule has 1 aliphatic rings. The van der Waals surface area contributed by atoms with Crippen molar-refractivity contribution in [1.29, 1.82) is 0 Å². The van der Waals surface area contributed by atoms with Crippen LogP contribution in [0.25, 0.3) is 0 Å². The van der Waals surface area contributed by atoms with Gasteiger partial charge >= 0.3 is 5.97 Å². The topological polar surface area (TPSA) is 95.9 Å². The lowest BCUT2D eigenvalue weighted by molar-refractivity contribution is -0.151. The largest absolute Gasteiger partial charge is 0.484 e. The smallest absolute Gasteiger partial charge is 0.326 e. The minimum atomic E-state index is -1.00. The lowest BCUT2D eigenvalue weighted by Gasteiger charge is -2.33. The average Bonchev–Trinajstić information content (AvgIpc) is 2.58. The van der Waals surface area contributed by atoms with Crippen LogP contribution in [-0.2, 0) is 14.4 Å². The van der Waals surface area contributed by atoms with Crippen LogP contribution in [0.4, 0.5) is 0 Å². The summed E-state index contributed by atoms with van der Waals surface area (Å²) >= 11 is 0. The molecule has 1 atom stereocenters. The number of carboxylic acid groups (broad SMARTS) is 1. The fourth-order valence-corrected chi connectivity index (χ4v) is 2.48. The highest BCUT2D eigenvalue weighted by Gasteiger charge is 2.31. The van der Waals surface area contributed by atoms with Gasteiger partial charge in [-0.1, -0.05) is 18.2 Å². The van der Waals surface area contributed by atoms with Crippen LogP contribution in [0, 0.1) is 0 Å². The number of nitrogens with one attached hydrogen (secondary N) is 1. The van der Waals surface area contributed by atoms with E-state index in [1.165, 1.54) is 4.90 Å². The Bertz CT molecular complexity index is 561. The van der Waals surface area contributed by atoms with Crippen molar-refractivity contribution in [2.45, 2.75) is 25.3 Å². The van der Waals surface area contributed by atoms with Crippen molar-refractivity contribution >= 4 is 17.8 Å². The fourth-order valence-electron chi connectivity index (χ4n) is 2.48. The molecular formula is C16H20N2O5. The number of likely N-dealkylation sites (tertiary alicyclic amines) is 1. The summed E-state index contributed by atoms with van der Waals surface area (Å²) in [4.78, 5) is 36.3. The second-order valence-electron chi connectivity index (χ2n) is 5.32. The van der Waals surface area contributed by atoms with Crippen LogP contribution in [-0.4, -0.2) is 53.5 Å². The molecule has 7 heteroatoms. The van der Waals surface area contributed by atoms with E-state index < -0.39 is 17.9 Å². The zero-order chi connectivity index (χ0) is 16.7. The van der Waals surface area contributed by atoms with E-state index >= 15 is 0 Å². The van der Waals surface area contributed by atoms with Crippen molar-refractivity contribution in [3.63, 3.8) is 0 Å². The molecule has 1 aliphatic heterocycles. The number of piperidine rings is 1. The molecule has 7 nitrogen and oxygen atoms in total. The standard InChI is InChI=1S/C16H20N2O5/c19-14(11-23-12-6-2-1-3-7-12)17-10-15(20)18-9-5-4-8-13(18)16(21)22/h1-3,6-7,13H,4-5,8-11H2,(H,17,19)(H,21,22). The van der Waals surface area contributed by atoms with Crippen LogP contribution in [0.3, 0.4) is 0 Å². The number of aliphatic carboxylic acids is 1. The number of nitrogens with zero attached hydrogens (tertiary/aromatic N) is 1. The minimum absolute atomic E-state index is 0.195. The van der Waals surface area contributed by atoms with Crippen molar-refractivity contribution in [3.8, 4) is 5.75 Å². The Morgan fingerprint density at radius 3 is 2.65 bits per heavy atom. The molecule has 0 aromatic heterocycles. The zero-order valence-electron chi connectivity index (χ0n) is 12.7. The molecule has 2 rings (SSSR count). The molecule has 124 valence electrons. The second kappa shape index (κ2) is 8.17. The monoisotopic (exact) mass is 320 g/mol. The maximum absolute atomic E-state index is 12.1. The summed E-state index contributed by atoms with van der Waals surface area (Å²) in [6, 6.07) is 8.07. The van der Waals surface area contributed by atoms with Gasteiger partial charge in [-0.25, -0.2) is 4.79 Å². The van der Waals surface area contributed by atoms with Crippen molar-refractivity contribution in [2.24, 2.45) is 0 Å². The van der Waals surface area contributed by atoms with Gasteiger partial charge in [0, 0.05) is 6.54 Å². The Labute approximate surface area is 134 Å². The van der Waals surface area contributed by atoms with Gasteiger partial charge in [-0.05, 0) is 31.4 Å². The SMILES string of the molecule is O=C(COc1ccccc1)NCC(=O)N1CCCCC1C(=O)O. The van der Waals surface area contributed by atoms with E-state index in [0.29, 0.717) is 18.7 Å². The van der Waals surface area contributed by atoms with E-state index in [1.807, 2.05) is 6.07 Å². The number of benzene rings is 1. The van der Waals surface area contributed by atoms with Gasteiger partial charge in [-0.2, -0.15) is 0 Å². The number of carbonyl (C=O) groups excluding carboxylic acids is 2. The van der Waals surface area contributed by atoms with E-state index in [4.69, 9.17) is 9.84 Å². The van der Waals surface area contributed by atoms with E-state index in [-0.39, 0.29) is 19.1 Å². The highest BCUT2D eigenvalue weighted by atomic mass is 16.5. The van der Waals surface area contributed by atoms with Crippen molar-refractivity contribution < 1.29 is 24.2 Å². The summed E-state index contributed by atoms with van der Waals surface area (Å²) in [7, 11) is 0. The number of rotatable bonds is 6. The molecule has 0 radical (unpaired) electrons. The number of hydrogen-bond acceptors (Lipinski definition) is 4. The summed E-state index contributed by atoms with van der Waals surface area (Å²) in [5, 5.41) is 11.6. The Kier molecular flexibility index (Phi) is 5.96. The van der Waals surface area contributed by atoms with Gasteiger partial charge in [-0.15, -0.1) is 0 Å². The Balaban J connectivity index is 1.76. The van der Waals surface area contributed by atoms with Gasteiger partial charge in [0.2, 0.25) is 5.91 Å². The molecule has 1 heterocycles. The molecule has 0 bridgehead atoms. The Morgan fingerprint density at radius 1 is 1.22 bits per heavy atom. The predicted octanol–water partition coefficient (Wildman–Crippen LogP) is 0.647. The van der Waals surface area contributed by atoms with Gasteiger partial charge in [0.25, 0.3) is 5.91 Å². The van der Waals surface area contributed by atoms with Crippen LogP contribution in [0.5, 0.6) is 5.75 Å². The Morgan fingerprint density at radius 2 is 1.96 bits per heavy atom. The number of carbonyl (C=O) groups is 3. The molecule has 1 unspecified atom stereocenters. The van der Waals surface area contributed by atoms with E-state index in [2.05, 4.69) is 5.32 Å². The molecule has 1 aromatic carbocycles. The zero-order valence-corrected chi connectivity index (χ0v) is 12.7.